The van der Waals surface area contributed by atoms with Gasteiger partial charge < -0.3 is 8.78 Å². The third-order valence-corrected chi connectivity index (χ3v) is 0.988. The van der Waals surface area contributed by atoms with Crippen LogP contribution in [0.4, 0.5) is 39.5 Å². The molecule has 0 amide bonds. The molecule has 0 nitrogen and oxygen atoms in total. The summed E-state index contributed by atoms with van der Waals surface area (Å²) in [6.45, 7) is 0. The highest BCUT2D eigenvalue weighted by atomic mass is 19.4. The molecule has 0 aliphatic carbocycles. The molecule has 0 saturated carbocycles. The molecule has 0 heterocycles. The smallest absolute Gasteiger partial charge is 0.415 e. The highest BCUT2D eigenvalue weighted by molar-refractivity contribution is 5.00. The Morgan fingerprint density at radius 1 is 0.692 bits per heavy atom. The summed E-state index contributed by atoms with van der Waals surface area (Å²) in [7, 11) is 0. The number of hydrogen-bond acceptors (Lipinski definition) is 0. The van der Waals surface area contributed by atoms with Crippen LogP contribution in [-0.2, 0) is 0 Å². The standard InChI is InChI=1S/C4F9/c5-1(6)2(7,8)3(9,10)4(11,12)13/q-1. The van der Waals surface area contributed by atoms with Crippen molar-refractivity contribution in [2.24, 2.45) is 0 Å². The maximum Gasteiger partial charge on any atom is 0.456 e. The van der Waals surface area contributed by atoms with Crippen LogP contribution in [0.1, 0.15) is 0 Å². The van der Waals surface area contributed by atoms with Gasteiger partial charge in [0.15, 0.2) is 0 Å². The second-order valence-electron chi connectivity index (χ2n) is 1.91. The second kappa shape index (κ2) is 2.95. The van der Waals surface area contributed by atoms with E-state index < -0.39 is 24.4 Å². The van der Waals surface area contributed by atoms with Crippen LogP contribution < -0.4 is 0 Å². The predicted molar refractivity (Wildman–Crippen MR) is 21.4 cm³/mol. The molecule has 0 aromatic carbocycles. The SMILES string of the molecule is F[C-](F)C(F)(F)C(F)(F)C(F)(F)F. The molecule has 80 valence electrons. The van der Waals surface area contributed by atoms with Crippen LogP contribution in [0.3, 0.4) is 0 Å². The number of hydrogen-bond donors (Lipinski definition) is 0. The normalized spacial score (nSPS) is 15.2. The van der Waals surface area contributed by atoms with E-state index in [9.17, 15) is 39.5 Å². The minimum Gasteiger partial charge on any atom is -0.415 e. The lowest BCUT2D eigenvalue weighted by atomic mass is 10.2. The van der Waals surface area contributed by atoms with E-state index in [0.29, 0.717) is 0 Å². The van der Waals surface area contributed by atoms with E-state index in [-0.39, 0.29) is 0 Å². The highest BCUT2D eigenvalue weighted by Gasteiger charge is 2.71. The van der Waals surface area contributed by atoms with Gasteiger partial charge >= 0.3 is 12.1 Å². The molecular formula is C4F9-. The number of halogens is 9. The van der Waals surface area contributed by atoms with Crippen LogP contribution >= 0.6 is 0 Å². The van der Waals surface area contributed by atoms with E-state index in [4.69, 9.17) is 0 Å². The Morgan fingerprint density at radius 3 is 1.08 bits per heavy atom. The molecule has 0 aliphatic heterocycles. The summed E-state index contributed by atoms with van der Waals surface area (Å²) in [5, 5.41) is 0. The monoisotopic (exact) mass is 219 g/mol. The van der Waals surface area contributed by atoms with E-state index in [1.807, 2.05) is 0 Å². The Balaban J connectivity index is 5.04. The van der Waals surface area contributed by atoms with Crippen LogP contribution in [0.15, 0.2) is 0 Å². The molecule has 0 N–H and O–H groups in total. The molecule has 13 heavy (non-hydrogen) atoms. The van der Waals surface area contributed by atoms with Gasteiger partial charge in [-0.2, -0.15) is 22.0 Å². The van der Waals surface area contributed by atoms with Gasteiger partial charge in [0.25, 0.3) is 5.92 Å². The predicted octanol–water partition coefficient (Wildman–Crippen LogP) is 3.25. The molecule has 0 radical (unpaired) electrons. The minimum absolute atomic E-state index is 4.28. The van der Waals surface area contributed by atoms with Crippen LogP contribution in [0.5, 0.6) is 0 Å². The Kier molecular flexibility index (Phi) is 2.80. The minimum atomic E-state index is -6.77. The van der Waals surface area contributed by atoms with E-state index in [1.165, 1.54) is 0 Å². The lowest BCUT2D eigenvalue weighted by molar-refractivity contribution is -0.360. The topological polar surface area (TPSA) is 0 Å². The molecule has 0 spiro atoms. The molecule has 0 aliphatic rings. The zero-order valence-electron chi connectivity index (χ0n) is 5.40. The third kappa shape index (κ3) is 1.83. The van der Waals surface area contributed by atoms with Gasteiger partial charge in [-0.3, -0.25) is 0 Å². The van der Waals surface area contributed by atoms with E-state index >= 15 is 0 Å². The third-order valence-electron chi connectivity index (χ3n) is 0.988. The Morgan fingerprint density at radius 2 is 1.00 bits per heavy atom. The van der Waals surface area contributed by atoms with Gasteiger partial charge in [-0.05, 0) is 0 Å². The Labute approximate surface area is 65.3 Å². The Hall–Kier alpha value is -0.630. The van der Waals surface area contributed by atoms with Crippen molar-refractivity contribution in [2.45, 2.75) is 18.0 Å². The summed E-state index contributed by atoms with van der Waals surface area (Å²) in [6.07, 6.45) is -11.0. The van der Waals surface area contributed by atoms with Crippen molar-refractivity contribution in [3.05, 3.63) is 6.43 Å². The Bertz CT molecular complexity index is 177. The molecule has 9 heteroatoms. The first-order valence-electron chi connectivity index (χ1n) is 2.45. The van der Waals surface area contributed by atoms with Gasteiger partial charge in [-0.25, -0.2) is 8.78 Å². The molecule has 0 saturated heterocycles. The van der Waals surface area contributed by atoms with E-state index in [2.05, 4.69) is 0 Å². The van der Waals surface area contributed by atoms with Gasteiger partial charge in [0.2, 0.25) is 0 Å². The summed E-state index contributed by atoms with van der Waals surface area (Å²) in [5.74, 6) is -13.3. The van der Waals surface area contributed by atoms with Crippen molar-refractivity contribution in [1.29, 1.82) is 0 Å². The molecule has 0 aromatic heterocycles. The molecule has 0 rings (SSSR count). The van der Waals surface area contributed by atoms with Gasteiger partial charge in [0.1, 0.15) is 0 Å². The van der Waals surface area contributed by atoms with Crippen molar-refractivity contribution >= 4 is 0 Å². The van der Waals surface area contributed by atoms with Crippen molar-refractivity contribution < 1.29 is 39.5 Å². The molecule has 0 unspecified atom stereocenters. The largest absolute Gasteiger partial charge is 0.456 e. The summed E-state index contributed by atoms with van der Waals surface area (Å²) in [6, 6.07) is 0. The first-order chi connectivity index (χ1) is 5.44. The van der Waals surface area contributed by atoms with Gasteiger partial charge in [-0.1, -0.05) is 0 Å². The van der Waals surface area contributed by atoms with Crippen molar-refractivity contribution in [3.8, 4) is 0 Å². The summed E-state index contributed by atoms with van der Waals surface area (Å²) >= 11 is 0. The maximum absolute atomic E-state index is 11.6. The van der Waals surface area contributed by atoms with Gasteiger partial charge in [0.05, 0.1) is 6.43 Å². The lowest BCUT2D eigenvalue weighted by Gasteiger charge is -2.34. The fourth-order valence-electron chi connectivity index (χ4n) is 0.297. The quantitative estimate of drug-likeness (QED) is 0.494. The van der Waals surface area contributed by atoms with Crippen LogP contribution in [0.2, 0.25) is 0 Å². The molecule has 0 bridgehead atoms. The summed E-state index contributed by atoms with van der Waals surface area (Å²) < 4.78 is 102. The highest BCUT2D eigenvalue weighted by Crippen LogP contribution is 2.51. The number of alkyl halides is 7. The fourth-order valence-corrected chi connectivity index (χ4v) is 0.297. The maximum atomic E-state index is 11.6. The van der Waals surface area contributed by atoms with Crippen molar-refractivity contribution in [2.75, 3.05) is 0 Å². The zero-order chi connectivity index (χ0) is 11.1. The number of rotatable bonds is 2. The first kappa shape index (κ1) is 12.4. The average molecular weight is 219 g/mol. The molecule has 0 aromatic rings. The molecule has 0 fully saturated rings. The summed E-state index contributed by atoms with van der Waals surface area (Å²) in [4.78, 5) is 0. The first-order valence-corrected chi connectivity index (χ1v) is 2.45. The van der Waals surface area contributed by atoms with Crippen molar-refractivity contribution in [1.82, 2.24) is 0 Å². The average Bonchev–Trinajstić information content (AvgIpc) is 1.84. The van der Waals surface area contributed by atoms with Crippen LogP contribution in [0, 0.1) is 6.43 Å². The zero-order valence-corrected chi connectivity index (χ0v) is 5.40. The van der Waals surface area contributed by atoms with Crippen molar-refractivity contribution in [3.63, 3.8) is 0 Å². The lowest BCUT2D eigenvalue weighted by Crippen LogP contribution is -2.53. The summed E-state index contributed by atoms with van der Waals surface area (Å²) in [5.41, 5.74) is 0. The molecule has 0 atom stereocenters. The second-order valence-corrected chi connectivity index (χ2v) is 1.91. The van der Waals surface area contributed by atoms with E-state index in [0.717, 1.165) is 0 Å². The fraction of sp³-hybridized carbons (Fsp3) is 0.750. The van der Waals surface area contributed by atoms with E-state index in [1.54, 1.807) is 0 Å². The van der Waals surface area contributed by atoms with Crippen LogP contribution in [-0.4, -0.2) is 18.0 Å². The van der Waals surface area contributed by atoms with Crippen LogP contribution in [0.25, 0.3) is 0 Å². The van der Waals surface area contributed by atoms with Gasteiger partial charge in [-0.15, -0.1) is 0 Å². The molecular weight excluding hydrogens is 219 g/mol. The van der Waals surface area contributed by atoms with Gasteiger partial charge in [0, 0.05) is 0 Å².